The van der Waals surface area contributed by atoms with Gasteiger partial charge in [0.1, 0.15) is 5.82 Å². The van der Waals surface area contributed by atoms with Crippen LogP contribution in [0.3, 0.4) is 0 Å². The first-order valence-corrected chi connectivity index (χ1v) is 7.61. The fourth-order valence-corrected chi connectivity index (χ4v) is 2.33. The van der Waals surface area contributed by atoms with Crippen molar-refractivity contribution in [3.05, 3.63) is 29.6 Å². The highest BCUT2D eigenvalue weighted by Crippen LogP contribution is 2.36. The highest BCUT2D eigenvalue weighted by atomic mass is 35.5. The van der Waals surface area contributed by atoms with Gasteiger partial charge in [0, 0.05) is 6.54 Å². The summed E-state index contributed by atoms with van der Waals surface area (Å²) >= 11 is 0. The Morgan fingerprint density at radius 2 is 1.73 bits per heavy atom. The van der Waals surface area contributed by atoms with Gasteiger partial charge in [-0.1, -0.05) is 13.0 Å². The average Bonchev–Trinajstić information content (AvgIpc) is 2.58. The summed E-state index contributed by atoms with van der Waals surface area (Å²) in [6.07, 6.45) is 1.04. The largest absolute Gasteiger partial charge is 0.495 e. The van der Waals surface area contributed by atoms with Gasteiger partial charge in [-0.2, -0.15) is 0 Å². The van der Waals surface area contributed by atoms with Crippen molar-refractivity contribution in [3.8, 4) is 0 Å². The van der Waals surface area contributed by atoms with E-state index in [0.717, 1.165) is 24.0 Å². The van der Waals surface area contributed by atoms with Gasteiger partial charge in [0.05, 0.1) is 11.2 Å². The Hall–Kier alpha value is -0.615. The van der Waals surface area contributed by atoms with Crippen LogP contribution in [-0.2, 0) is 15.9 Å². The number of halogens is 2. The number of hydrogen-bond donors (Lipinski definition) is 1. The van der Waals surface area contributed by atoms with Crippen LogP contribution in [0, 0.1) is 5.82 Å². The zero-order valence-electron chi connectivity index (χ0n) is 14.0. The lowest BCUT2D eigenvalue weighted by Gasteiger charge is -2.32. The van der Waals surface area contributed by atoms with Crippen LogP contribution < -0.4 is 10.8 Å². The molecule has 1 N–H and O–H groups in total. The maximum atomic E-state index is 13.5. The summed E-state index contributed by atoms with van der Waals surface area (Å²) in [5, 5.41) is 3.31. The second kappa shape index (κ2) is 7.30. The molecule has 3 nitrogen and oxygen atoms in total. The minimum atomic E-state index is -0.450. The molecule has 1 fully saturated rings. The Labute approximate surface area is 139 Å². The molecule has 2 rings (SSSR count). The van der Waals surface area contributed by atoms with E-state index in [1.807, 2.05) is 27.7 Å². The van der Waals surface area contributed by atoms with E-state index in [-0.39, 0.29) is 29.4 Å². The molecule has 6 heteroatoms. The number of rotatable bonds is 5. The van der Waals surface area contributed by atoms with Crippen LogP contribution in [0.4, 0.5) is 4.39 Å². The summed E-state index contributed by atoms with van der Waals surface area (Å²) in [7, 11) is -0.450. The Morgan fingerprint density at radius 1 is 1.14 bits per heavy atom. The van der Waals surface area contributed by atoms with Gasteiger partial charge in [-0.25, -0.2) is 4.39 Å². The zero-order valence-corrected chi connectivity index (χ0v) is 14.8. The van der Waals surface area contributed by atoms with Gasteiger partial charge >= 0.3 is 7.12 Å². The smallest absolute Gasteiger partial charge is 0.399 e. The quantitative estimate of drug-likeness (QED) is 0.665. The summed E-state index contributed by atoms with van der Waals surface area (Å²) < 4.78 is 25.7. The van der Waals surface area contributed by atoms with Crippen LogP contribution in [0.2, 0.25) is 0 Å². The third-order valence-electron chi connectivity index (χ3n) is 4.35. The van der Waals surface area contributed by atoms with Gasteiger partial charge in [-0.15, -0.1) is 12.4 Å². The Balaban J connectivity index is 0.00000242. The van der Waals surface area contributed by atoms with Gasteiger partial charge in [0.2, 0.25) is 0 Å². The van der Waals surface area contributed by atoms with Crippen LogP contribution >= 0.6 is 12.4 Å². The summed E-state index contributed by atoms with van der Waals surface area (Å²) in [5.41, 5.74) is 1.01. The fraction of sp³-hybridized carbons (Fsp3) is 0.625. The van der Waals surface area contributed by atoms with Crippen molar-refractivity contribution in [2.24, 2.45) is 0 Å². The number of benzene rings is 1. The minimum absolute atomic E-state index is 0. The van der Waals surface area contributed by atoms with Crippen LogP contribution in [0.25, 0.3) is 0 Å². The lowest BCUT2D eigenvalue weighted by molar-refractivity contribution is 0.00578. The van der Waals surface area contributed by atoms with Crippen LogP contribution in [0.15, 0.2) is 18.2 Å². The average molecular weight is 330 g/mol. The third kappa shape index (κ3) is 4.02. The molecule has 0 bridgehead atoms. The van der Waals surface area contributed by atoms with Crippen molar-refractivity contribution >= 4 is 25.0 Å². The van der Waals surface area contributed by atoms with E-state index < -0.39 is 7.12 Å². The molecule has 1 aliphatic rings. The van der Waals surface area contributed by atoms with Crippen LogP contribution in [-0.4, -0.2) is 24.9 Å². The molecule has 0 unspecified atom stereocenters. The molecule has 0 spiro atoms. The van der Waals surface area contributed by atoms with Gasteiger partial charge in [-0.3, -0.25) is 0 Å². The molecule has 0 radical (unpaired) electrons. The van der Waals surface area contributed by atoms with Crippen LogP contribution in [0.1, 0.15) is 46.6 Å². The monoisotopic (exact) mass is 329 g/mol. The topological polar surface area (TPSA) is 30.5 Å². The van der Waals surface area contributed by atoms with E-state index in [4.69, 9.17) is 9.31 Å². The molecular weight excluding hydrogens is 303 g/mol. The molecule has 1 heterocycles. The third-order valence-corrected chi connectivity index (χ3v) is 4.35. The highest BCUT2D eigenvalue weighted by molar-refractivity contribution is 6.62. The van der Waals surface area contributed by atoms with Crippen molar-refractivity contribution in [1.29, 1.82) is 0 Å². The molecule has 0 aliphatic carbocycles. The molecule has 1 aromatic carbocycles. The maximum absolute atomic E-state index is 13.5. The second-order valence-electron chi connectivity index (χ2n) is 6.61. The van der Waals surface area contributed by atoms with Gasteiger partial charge < -0.3 is 14.6 Å². The fourth-order valence-electron chi connectivity index (χ4n) is 2.33. The zero-order chi connectivity index (χ0) is 15.7. The molecule has 0 atom stereocenters. The number of nitrogens with one attached hydrogen (secondary N) is 1. The lowest BCUT2D eigenvalue weighted by atomic mass is 9.76. The Morgan fingerprint density at radius 3 is 2.27 bits per heavy atom. The molecule has 0 amide bonds. The van der Waals surface area contributed by atoms with E-state index in [0.29, 0.717) is 6.54 Å². The Bertz CT molecular complexity index is 495. The first-order chi connectivity index (χ1) is 9.77. The molecule has 0 aromatic heterocycles. The predicted octanol–water partition coefficient (Wildman–Crippen LogP) is 3.05. The van der Waals surface area contributed by atoms with E-state index in [1.54, 1.807) is 12.1 Å². The van der Waals surface area contributed by atoms with Crippen molar-refractivity contribution in [1.82, 2.24) is 5.32 Å². The molecule has 0 saturated carbocycles. The summed E-state index contributed by atoms with van der Waals surface area (Å²) in [4.78, 5) is 0. The van der Waals surface area contributed by atoms with Gasteiger partial charge in [0.25, 0.3) is 0 Å². The van der Waals surface area contributed by atoms with Crippen molar-refractivity contribution in [3.63, 3.8) is 0 Å². The van der Waals surface area contributed by atoms with E-state index in [2.05, 4.69) is 12.2 Å². The second-order valence-corrected chi connectivity index (χ2v) is 6.61. The molecule has 124 valence electrons. The molecular formula is C16H26BClFNO2. The standard InChI is InChI=1S/C16H25BFNO2.ClH/c1-6-9-19-11-12-10-13(18)7-8-14(12)17-20-15(2,3)16(4,5)21-17;/h7-8,10,19H,6,9,11H2,1-5H3;1H. The van der Waals surface area contributed by atoms with Crippen molar-refractivity contribution in [2.75, 3.05) is 6.54 Å². The van der Waals surface area contributed by atoms with Gasteiger partial charge in [0.15, 0.2) is 0 Å². The maximum Gasteiger partial charge on any atom is 0.495 e. The van der Waals surface area contributed by atoms with Crippen molar-refractivity contribution in [2.45, 2.75) is 58.8 Å². The van der Waals surface area contributed by atoms with E-state index in [9.17, 15) is 4.39 Å². The summed E-state index contributed by atoms with van der Waals surface area (Å²) in [6.45, 7) is 11.7. The first-order valence-electron chi connectivity index (χ1n) is 7.61. The lowest BCUT2D eigenvalue weighted by Crippen LogP contribution is -2.41. The van der Waals surface area contributed by atoms with Crippen molar-refractivity contribution < 1.29 is 13.7 Å². The molecule has 1 saturated heterocycles. The minimum Gasteiger partial charge on any atom is -0.399 e. The van der Waals surface area contributed by atoms with E-state index >= 15 is 0 Å². The highest BCUT2D eigenvalue weighted by Gasteiger charge is 2.52. The first kappa shape index (κ1) is 19.4. The van der Waals surface area contributed by atoms with E-state index in [1.165, 1.54) is 6.07 Å². The predicted molar refractivity (Wildman–Crippen MR) is 91.4 cm³/mol. The van der Waals surface area contributed by atoms with Gasteiger partial charge in [-0.05, 0) is 63.8 Å². The summed E-state index contributed by atoms with van der Waals surface area (Å²) in [6, 6.07) is 4.78. The summed E-state index contributed by atoms with van der Waals surface area (Å²) in [5.74, 6) is -0.233. The molecule has 22 heavy (non-hydrogen) atoms. The molecule has 1 aliphatic heterocycles. The SMILES string of the molecule is CCCNCc1cc(F)ccc1B1OC(C)(C)C(C)(C)O1.Cl. The normalized spacial score (nSPS) is 19.1. The van der Waals surface area contributed by atoms with Crippen LogP contribution in [0.5, 0.6) is 0 Å². The Kier molecular flexibility index (Phi) is 6.45. The molecule has 1 aromatic rings. The number of hydrogen-bond acceptors (Lipinski definition) is 3.